The zero-order valence-electron chi connectivity index (χ0n) is 11.0. The highest BCUT2D eigenvalue weighted by Gasteiger charge is 2.16. The van der Waals surface area contributed by atoms with Crippen molar-refractivity contribution in [3.05, 3.63) is 45.6 Å². The summed E-state index contributed by atoms with van der Waals surface area (Å²) in [6, 6.07) is 4.47. The normalized spacial score (nSPS) is 16.3. The highest BCUT2D eigenvalue weighted by molar-refractivity contribution is 5.85. The largest absolute Gasteiger partial charge is 0.326 e. The Morgan fingerprint density at radius 1 is 1.26 bits per heavy atom. The van der Waals surface area contributed by atoms with E-state index in [0.717, 1.165) is 36.3 Å². The summed E-state index contributed by atoms with van der Waals surface area (Å²) < 4.78 is 13.3. The molecule has 0 atom stereocenters. The Balaban J connectivity index is 2.14. The first-order valence-electron chi connectivity index (χ1n) is 6.68. The molecule has 1 fully saturated rings. The monoisotopic (exact) mass is 260 g/mol. The second-order valence-corrected chi connectivity index (χ2v) is 5.23. The van der Waals surface area contributed by atoms with Gasteiger partial charge in [-0.2, -0.15) is 0 Å². The van der Waals surface area contributed by atoms with Crippen LogP contribution in [0, 0.1) is 12.7 Å². The Bertz CT molecular complexity index is 672. The summed E-state index contributed by atoms with van der Waals surface area (Å²) >= 11 is 0. The van der Waals surface area contributed by atoms with E-state index in [9.17, 15) is 9.18 Å². The lowest BCUT2D eigenvalue weighted by molar-refractivity contribution is 0.331. The Hall–Kier alpha value is -1.68. The van der Waals surface area contributed by atoms with Gasteiger partial charge in [0, 0.05) is 12.2 Å². The molecule has 2 aromatic rings. The number of rotatable bonds is 2. The standard InChI is InChI=1S/C15H17FN2O/c1-10-14(9-18-6-2-3-7-18)12-5-4-11(16)8-13(12)15(19)17-10/h4-5,8H,2-3,6-7,9H2,1H3,(H,17,19). The van der Waals surface area contributed by atoms with Crippen molar-refractivity contribution in [1.82, 2.24) is 9.88 Å². The maximum Gasteiger partial charge on any atom is 0.256 e. The van der Waals surface area contributed by atoms with E-state index in [1.807, 2.05) is 6.92 Å². The zero-order chi connectivity index (χ0) is 13.4. The average molecular weight is 260 g/mol. The number of likely N-dealkylation sites (tertiary alicyclic amines) is 1. The molecule has 3 nitrogen and oxygen atoms in total. The van der Waals surface area contributed by atoms with E-state index in [-0.39, 0.29) is 11.4 Å². The van der Waals surface area contributed by atoms with Crippen LogP contribution in [0.15, 0.2) is 23.0 Å². The second kappa shape index (κ2) is 4.78. The number of H-pyrrole nitrogens is 1. The molecule has 3 rings (SSSR count). The summed E-state index contributed by atoms with van der Waals surface area (Å²) in [4.78, 5) is 17.1. The first kappa shape index (κ1) is 12.4. The van der Waals surface area contributed by atoms with E-state index in [0.29, 0.717) is 5.39 Å². The van der Waals surface area contributed by atoms with Crippen molar-refractivity contribution in [2.24, 2.45) is 0 Å². The van der Waals surface area contributed by atoms with E-state index in [2.05, 4.69) is 9.88 Å². The average Bonchev–Trinajstić information content (AvgIpc) is 2.87. The van der Waals surface area contributed by atoms with Gasteiger partial charge in [0.15, 0.2) is 0 Å². The summed E-state index contributed by atoms with van der Waals surface area (Å²) in [7, 11) is 0. The Morgan fingerprint density at radius 3 is 2.74 bits per heavy atom. The van der Waals surface area contributed by atoms with Crippen LogP contribution in [-0.2, 0) is 6.54 Å². The molecule has 0 amide bonds. The predicted molar refractivity (Wildman–Crippen MR) is 73.8 cm³/mol. The van der Waals surface area contributed by atoms with Gasteiger partial charge < -0.3 is 4.98 Å². The van der Waals surface area contributed by atoms with Crippen molar-refractivity contribution >= 4 is 10.8 Å². The second-order valence-electron chi connectivity index (χ2n) is 5.23. The summed E-state index contributed by atoms with van der Waals surface area (Å²) in [5.41, 5.74) is 1.78. The van der Waals surface area contributed by atoms with Gasteiger partial charge in [-0.15, -0.1) is 0 Å². The van der Waals surface area contributed by atoms with Crippen LogP contribution in [0.1, 0.15) is 24.1 Å². The van der Waals surface area contributed by atoms with Crippen LogP contribution in [0.2, 0.25) is 0 Å². The molecule has 100 valence electrons. The fraction of sp³-hybridized carbons (Fsp3) is 0.400. The SMILES string of the molecule is Cc1[nH]c(=O)c2cc(F)ccc2c1CN1CCCC1. The summed E-state index contributed by atoms with van der Waals surface area (Å²) in [6.45, 7) is 4.93. The van der Waals surface area contributed by atoms with Gasteiger partial charge in [0.2, 0.25) is 0 Å². The molecule has 0 bridgehead atoms. The van der Waals surface area contributed by atoms with Crippen LogP contribution in [0.4, 0.5) is 4.39 Å². The van der Waals surface area contributed by atoms with Gasteiger partial charge in [0.05, 0.1) is 5.39 Å². The van der Waals surface area contributed by atoms with Crippen molar-refractivity contribution in [3.63, 3.8) is 0 Å². The van der Waals surface area contributed by atoms with E-state index >= 15 is 0 Å². The maximum atomic E-state index is 13.3. The summed E-state index contributed by atoms with van der Waals surface area (Å²) in [5.74, 6) is -0.367. The number of nitrogens with one attached hydrogen (secondary N) is 1. The van der Waals surface area contributed by atoms with E-state index in [1.54, 1.807) is 6.07 Å². The smallest absolute Gasteiger partial charge is 0.256 e. The number of aromatic amines is 1. The predicted octanol–water partition coefficient (Wildman–Crippen LogP) is 2.57. The molecule has 2 heterocycles. The van der Waals surface area contributed by atoms with Gasteiger partial charge >= 0.3 is 0 Å². The van der Waals surface area contributed by atoms with Crippen LogP contribution < -0.4 is 5.56 Å². The lowest BCUT2D eigenvalue weighted by Gasteiger charge is -2.18. The molecule has 1 aliphatic rings. The first-order valence-corrected chi connectivity index (χ1v) is 6.68. The highest BCUT2D eigenvalue weighted by Crippen LogP contribution is 2.22. The van der Waals surface area contributed by atoms with Crippen molar-refractivity contribution in [2.75, 3.05) is 13.1 Å². The quantitative estimate of drug-likeness (QED) is 0.901. The molecule has 0 radical (unpaired) electrons. The van der Waals surface area contributed by atoms with Crippen LogP contribution in [-0.4, -0.2) is 23.0 Å². The molecule has 1 aromatic heterocycles. The number of aromatic nitrogens is 1. The van der Waals surface area contributed by atoms with Gasteiger partial charge in [-0.05, 0) is 55.9 Å². The third kappa shape index (κ3) is 2.28. The van der Waals surface area contributed by atoms with Gasteiger partial charge in [-0.1, -0.05) is 6.07 Å². The number of halogens is 1. The molecule has 1 saturated heterocycles. The lowest BCUT2D eigenvalue weighted by Crippen LogP contribution is -2.21. The fourth-order valence-electron chi connectivity index (χ4n) is 2.85. The molecule has 1 aliphatic heterocycles. The number of fused-ring (bicyclic) bond motifs is 1. The van der Waals surface area contributed by atoms with E-state index in [1.165, 1.54) is 25.0 Å². The Kier molecular flexibility index (Phi) is 3.11. The van der Waals surface area contributed by atoms with Gasteiger partial charge in [0.25, 0.3) is 5.56 Å². The number of hydrogen-bond acceptors (Lipinski definition) is 2. The Labute approximate surface area is 111 Å². The minimum atomic E-state index is -0.367. The van der Waals surface area contributed by atoms with Gasteiger partial charge in [-0.25, -0.2) is 4.39 Å². The number of hydrogen-bond donors (Lipinski definition) is 1. The van der Waals surface area contributed by atoms with Crippen LogP contribution in [0.3, 0.4) is 0 Å². The summed E-state index contributed by atoms with van der Waals surface area (Å²) in [5, 5.41) is 1.31. The van der Waals surface area contributed by atoms with Crippen LogP contribution >= 0.6 is 0 Å². The molecule has 0 aliphatic carbocycles. The van der Waals surface area contributed by atoms with E-state index < -0.39 is 0 Å². The number of aryl methyl sites for hydroxylation is 1. The molecule has 1 N–H and O–H groups in total. The zero-order valence-corrected chi connectivity index (χ0v) is 11.0. The summed E-state index contributed by atoms with van der Waals surface area (Å²) in [6.07, 6.45) is 2.46. The minimum Gasteiger partial charge on any atom is -0.326 e. The maximum absolute atomic E-state index is 13.3. The number of nitrogens with zero attached hydrogens (tertiary/aromatic N) is 1. The van der Waals surface area contributed by atoms with Crippen molar-refractivity contribution in [3.8, 4) is 0 Å². The molecule has 1 aromatic carbocycles. The topological polar surface area (TPSA) is 36.1 Å². The number of benzene rings is 1. The van der Waals surface area contributed by atoms with Crippen LogP contribution in [0.25, 0.3) is 10.8 Å². The van der Waals surface area contributed by atoms with Gasteiger partial charge in [-0.3, -0.25) is 9.69 Å². The van der Waals surface area contributed by atoms with Gasteiger partial charge in [0.1, 0.15) is 5.82 Å². The van der Waals surface area contributed by atoms with Crippen molar-refractivity contribution in [1.29, 1.82) is 0 Å². The first-order chi connectivity index (χ1) is 9.15. The molecular weight excluding hydrogens is 243 g/mol. The third-order valence-electron chi connectivity index (χ3n) is 3.89. The third-order valence-corrected chi connectivity index (χ3v) is 3.89. The molecule has 0 spiro atoms. The van der Waals surface area contributed by atoms with Crippen molar-refractivity contribution < 1.29 is 4.39 Å². The van der Waals surface area contributed by atoms with Crippen molar-refractivity contribution in [2.45, 2.75) is 26.3 Å². The van der Waals surface area contributed by atoms with Crippen LogP contribution in [0.5, 0.6) is 0 Å². The Morgan fingerprint density at radius 2 is 2.00 bits per heavy atom. The molecule has 0 unspecified atom stereocenters. The van der Waals surface area contributed by atoms with E-state index in [4.69, 9.17) is 0 Å². The molecule has 0 saturated carbocycles. The highest BCUT2D eigenvalue weighted by atomic mass is 19.1. The lowest BCUT2D eigenvalue weighted by atomic mass is 10.0. The number of pyridine rings is 1. The fourth-order valence-corrected chi connectivity index (χ4v) is 2.85. The molecule has 19 heavy (non-hydrogen) atoms. The molecule has 4 heteroatoms. The minimum absolute atomic E-state index is 0.211. The molecular formula is C15H17FN2O.